The Balaban J connectivity index is 1.68. The topological polar surface area (TPSA) is 35.5 Å². The second kappa shape index (κ2) is 11.8. The van der Waals surface area contributed by atoms with Gasteiger partial charge in [0, 0.05) is 26.6 Å². The molecule has 0 N–H and O–H groups in total. The highest BCUT2D eigenvalue weighted by Crippen LogP contribution is 2.38. The van der Waals surface area contributed by atoms with Crippen LogP contribution in [0.3, 0.4) is 0 Å². The van der Waals surface area contributed by atoms with E-state index < -0.39 is 5.97 Å². The number of benzene rings is 4. The molecule has 0 fully saturated rings. The van der Waals surface area contributed by atoms with Crippen LogP contribution in [0.25, 0.3) is 21.5 Å². The Morgan fingerprint density at radius 2 is 1.68 bits per heavy atom. The van der Waals surface area contributed by atoms with E-state index in [4.69, 9.17) is 9.47 Å². The summed E-state index contributed by atoms with van der Waals surface area (Å²) in [6.07, 6.45) is 4.87. The van der Waals surface area contributed by atoms with Crippen molar-refractivity contribution < 1.29 is 14.3 Å². The summed E-state index contributed by atoms with van der Waals surface area (Å²) >= 11 is 1.73. The largest absolute Gasteiger partial charge is 0.488 e. The van der Waals surface area contributed by atoms with Gasteiger partial charge in [-0.2, -0.15) is 0 Å². The number of hydrogen-bond donors (Lipinski definition) is 0. The van der Waals surface area contributed by atoms with Crippen LogP contribution in [0.15, 0.2) is 101 Å². The summed E-state index contributed by atoms with van der Waals surface area (Å²) in [5, 5.41) is 4.36. The van der Waals surface area contributed by atoms with Crippen molar-refractivity contribution in [2.24, 2.45) is 0 Å². The second-order valence-corrected chi connectivity index (χ2v) is 9.44. The van der Waals surface area contributed by atoms with Crippen molar-refractivity contribution in [3.8, 4) is 5.75 Å². The van der Waals surface area contributed by atoms with Crippen LogP contribution in [0.1, 0.15) is 32.6 Å². The fraction of sp³-hybridized carbons (Fsp3) is 0.233. The second-order valence-electron chi connectivity index (χ2n) is 8.29. The lowest BCUT2D eigenvalue weighted by molar-refractivity contribution is -0.144. The molecule has 4 aromatic rings. The van der Waals surface area contributed by atoms with Gasteiger partial charge in [-0.05, 0) is 53.9 Å². The average molecular weight is 471 g/mol. The zero-order valence-electron chi connectivity index (χ0n) is 19.5. The number of fused-ring (bicyclic) bond motifs is 2. The molecular formula is C30H30O3S. The van der Waals surface area contributed by atoms with Gasteiger partial charge >= 0.3 is 5.97 Å². The van der Waals surface area contributed by atoms with Crippen LogP contribution >= 0.6 is 11.8 Å². The average Bonchev–Trinajstić information content (AvgIpc) is 2.87. The van der Waals surface area contributed by atoms with E-state index in [1.54, 1.807) is 11.8 Å². The summed E-state index contributed by atoms with van der Waals surface area (Å²) in [6, 6.07) is 27.3. The molecule has 0 aromatic heterocycles. The quantitative estimate of drug-likeness (QED) is 0.0958. The van der Waals surface area contributed by atoms with E-state index in [9.17, 15) is 4.79 Å². The van der Waals surface area contributed by atoms with Crippen molar-refractivity contribution in [2.45, 2.75) is 48.5 Å². The molecule has 3 nitrogen and oxygen atoms in total. The minimum Gasteiger partial charge on any atom is -0.488 e. The van der Waals surface area contributed by atoms with E-state index in [2.05, 4.69) is 74.2 Å². The molecule has 1 unspecified atom stereocenters. The normalized spacial score (nSPS) is 11.9. The lowest BCUT2D eigenvalue weighted by Gasteiger charge is -2.20. The van der Waals surface area contributed by atoms with E-state index in [1.165, 1.54) is 11.0 Å². The number of rotatable bonds is 11. The van der Waals surface area contributed by atoms with Crippen LogP contribution < -0.4 is 4.74 Å². The molecule has 0 aliphatic heterocycles. The predicted molar refractivity (Wildman–Crippen MR) is 142 cm³/mol. The van der Waals surface area contributed by atoms with Gasteiger partial charge in [-0.3, -0.25) is 0 Å². The molecule has 0 heterocycles. The first-order valence-corrected chi connectivity index (χ1v) is 12.6. The van der Waals surface area contributed by atoms with Crippen molar-refractivity contribution in [1.82, 2.24) is 0 Å². The molecule has 0 spiro atoms. The highest BCUT2D eigenvalue weighted by Gasteiger charge is 2.17. The van der Waals surface area contributed by atoms with Gasteiger partial charge in [-0.15, -0.1) is 0 Å². The standard InChI is InChI=1S/C30H30O3S/c1-3-5-7-13-24(33-29(31)4-2)21-32-30-27-16-11-10-12-22(27)19-23-17-18-26(20-28(23)30)34-25-14-8-6-9-15-25/h4,6,8-12,14-20,24H,2-3,5,7,13,21H2,1H3. The Kier molecular flexibility index (Phi) is 8.26. The van der Waals surface area contributed by atoms with Gasteiger partial charge < -0.3 is 9.47 Å². The number of esters is 1. The van der Waals surface area contributed by atoms with Gasteiger partial charge in [0.2, 0.25) is 0 Å². The smallest absolute Gasteiger partial charge is 0.330 e. The van der Waals surface area contributed by atoms with Crippen molar-refractivity contribution in [2.75, 3.05) is 6.61 Å². The van der Waals surface area contributed by atoms with E-state index in [1.807, 2.05) is 18.2 Å². The summed E-state index contributed by atoms with van der Waals surface area (Å²) in [4.78, 5) is 14.3. The molecule has 1 atom stereocenters. The Hall–Kier alpha value is -3.24. The molecule has 0 amide bonds. The van der Waals surface area contributed by atoms with Gasteiger partial charge in [-0.25, -0.2) is 4.79 Å². The van der Waals surface area contributed by atoms with E-state index in [0.29, 0.717) is 6.61 Å². The number of carbonyl (C=O) groups is 1. The number of hydrogen-bond acceptors (Lipinski definition) is 4. The SMILES string of the molecule is C=CC(=O)OC(CCCCC)COc1c2ccccc2cc2ccc(Sc3ccccc3)cc12. The maximum atomic E-state index is 11.9. The zero-order valence-corrected chi connectivity index (χ0v) is 20.4. The first-order chi connectivity index (χ1) is 16.7. The number of ether oxygens (including phenoxy) is 2. The first-order valence-electron chi connectivity index (χ1n) is 11.8. The van der Waals surface area contributed by atoms with Crippen LogP contribution in [-0.4, -0.2) is 18.7 Å². The molecule has 174 valence electrons. The fourth-order valence-corrected chi connectivity index (χ4v) is 4.91. The maximum Gasteiger partial charge on any atom is 0.330 e. The minimum absolute atomic E-state index is 0.308. The Bertz CT molecular complexity index is 1270. The highest BCUT2D eigenvalue weighted by molar-refractivity contribution is 7.99. The third-order valence-corrected chi connectivity index (χ3v) is 6.75. The summed E-state index contributed by atoms with van der Waals surface area (Å²) < 4.78 is 12.1. The van der Waals surface area contributed by atoms with Gasteiger partial charge in [0.1, 0.15) is 18.5 Å². The fourth-order valence-electron chi connectivity index (χ4n) is 4.03. The third-order valence-electron chi connectivity index (χ3n) is 5.76. The van der Waals surface area contributed by atoms with Gasteiger partial charge in [0.15, 0.2) is 0 Å². The Labute approximate surface area is 205 Å². The van der Waals surface area contributed by atoms with Crippen molar-refractivity contribution >= 4 is 39.3 Å². The molecule has 0 aliphatic rings. The van der Waals surface area contributed by atoms with Gasteiger partial charge in [0.05, 0.1) is 0 Å². The molecule has 0 saturated heterocycles. The zero-order chi connectivity index (χ0) is 23.8. The van der Waals surface area contributed by atoms with E-state index >= 15 is 0 Å². The summed E-state index contributed by atoms with van der Waals surface area (Å²) in [5.74, 6) is 0.424. The lowest BCUT2D eigenvalue weighted by atomic mass is 10.0. The molecule has 4 aromatic carbocycles. The summed E-state index contributed by atoms with van der Waals surface area (Å²) in [5.41, 5.74) is 0. The molecule has 0 radical (unpaired) electrons. The Morgan fingerprint density at radius 1 is 0.912 bits per heavy atom. The van der Waals surface area contributed by atoms with Gasteiger partial charge in [-0.1, -0.05) is 86.6 Å². The first kappa shape index (κ1) is 23.9. The molecule has 0 aliphatic carbocycles. The van der Waals surface area contributed by atoms with Crippen LogP contribution in [0.4, 0.5) is 0 Å². The van der Waals surface area contributed by atoms with Crippen LogP contribution in [0, 0.1) is 0 Å². The maximum absolute atomic E-state index is 11.9. The van der Waals surface area contributed by atoms with E-state index in [0.717, 1.165) is 57.9 Å². The van der Waals surface area contributed by atoms with Crippen molar-refractivity contribution in [1.29, 1.82) is 0 Å². The molecular weight excluding hydrogens is 440 g/mol. The van der Waals surface area contributed by atoms with Crippen LogP contribution in [0.2, 0.25) is 0 Å². The molecule has 0 saturated carbocycles. The Morgan fingerprint density at radius 3 is 2.47 bits per heavy atom. The molecule has 0 bridgehead atoms. The summed E-state index contributed by atoms with van der Waals surface area (Å²) in [7, 11) is 0. The summed E-state index contributed by atoms with van der Waals surface area (Å²) in [6.45, 7) is 6.01. The van der Waals surface area contributed by atoms with Crippen LogP contribution in [0.5, 0.6) is 5.75 Å². The van der Waals surface area contributed by atoms with Gasteiger partial charge in [0.25, 0.3) is 0 Å². The number of unbranched alkanes of at least 4 members (excludes halogenated alkanes) is 2. The van der Waals surface area contributed by atoms with Crippen LogP contribution in [-0.2, 0) is 9.53 Å². The van der Waals surface area contributed by atoms with Crippen molar-refractivity contribution in [3.05, 3.63) is 91.5 Å². The monoisotopic (exact) mass is 470 g/mol. The molecule has 4 rings (SSSR count). The highest BCUT2D eigenvalue weighted by atomic mass is 32.2. The van der Waals surface area contributed by atoms with E-state index in [-0.39, 0.29) is 6.10 Å². The predicted octanol–water partition coefficient (Wildman–Crippen LogP) is 8.20. The molecule has 34 heavy (non-hydrogen) atoms. The number of carbonyl (C=O) groups excluding carboxylic acids is 1. The lowest BCUT2D eigenvalue weighted by Crippen LogP contribution is -2.24. The minimum atomic E-state index is -0.408. The molecule has 4 heteroatoms. The van der Waals surface area contributed by atoms with Crippen molar-refractivity contribution in [3.63, 3.8) is 0 Å². The third kappa shape index (κ3) is 6.00.